The fraction of sp³-hybridized carbons (Fsp3) is 0.600. The van der Waals surface area contributed by atoms with Crippen LogP contribution in [0.15, 0.2) is 17.2 Å². The summed E-state index contributed by atoms with van der Waals surface area (Å²) < 4.78 is 1.68. The molecule has 0 radical (unpaired) electrons. The van der Waals surface area contributed by atoms with Crippen molar-refractivity contribution < 1.29 is 0 Å². The van der Waals surface area contributed by atoms with Gasteiger partial charge in [0, 0.05) is 24.3 Å². The van der Waals surface area contributed by atoms with Gasteiger partial charge in [-0.3, -0.25) is 9.36 Å². The Hall–Kier alpha value is -1.16. The highest BCUT2D eigenvalue weighted by Crippen LogP contribution is 2.05. The average Bonchev–Trinajstić information content (AvgIpc) is 2.62. The summed E-state index contributed by atoms with van der Waals surface area (Å²) in [6, 6.07) is 2.02. The van der Waals surface area contributed by atoms with Gasteiger partial charge in [-0.15, -0.1) is 0 Å². The summed E-state index contributed by atoms with van der Waals surface area (Å²) in [7, 11) is 0. The van der Waals surface area contributed by atoms with Gasteiger partial charge in [-0.25, -0.2) is 4.98 Å². The van der Waals surface area contributed by atoms with Crippen molar-refractivity contribution >= 4 is 0 Å². The molecule has 1 atom stereocenters. The smallest absolute Gasteiger partial charge is 0.253 e. The molecule has 0 aromatic carbocycles. The number of hydrogen-bond donors (Lipinski definition) is 1. The first kappa shape index (κ1) is 9.40. The van der Waals surface area contributed by atoms with Crippen molar-refractivity contribution in [2.24, 2.45) is 0 Å². The second-order valence-electron chi connectivity index (χ2n) is 3.81. The second kappa shape index (κ2) is 3.92. The molecular formula is C10H15N3O. The van der Waals surface area contributed by atoms with E-state index in [9.17, 15) is 4.79 Å². The number of hydrogen-bond acceptors (Lipinski definition) is 3. The fourth-order valence-corrected chi connectivity index (χ4v) is 1.80. The minimum atomic E-state index is 0.0474. The molecule has 76 valence electrons. The molecule has 1 fully saturated rings. The molecule has 2 heterocycles. The molecule has 0 spiro atoms. The van der Waals surface area contributed by atoms with Crippen LogP contribution >= 0.6 is 0 Å². The van der Waals surface area contributed by atoms with Crippen LogP contribution in [0.1, 0.15) is 18.5 Å². The van der Waals surface area contributed by atoms with Gasteiger partial charge in [0.05, 0.1) is 6.33 Å². The Bertz CT molecular complexity index is 366. The SMILES string of the molecule is Cc1cc(=O)n(CC2CCCN2)cn1. The van der Waals surface area contributed by atoms with Gasteiger partial charge in [-0.1, -0.05) is 0 Å². The quantitative estimate of drug-likeness (QED) is 0.735. The third kappa shape index (κ3) is 2.01. The zero-order chi connectivity index (χ0) is 9.97. The second-order valence-corrected chi connectivity index (χ2v) is 3.81. The number of nitrogens with zero attached hydrogens (tertiary/aromatic N) is 2. The van der Waals surface area contributed by atoms with Crippen LogP contribution in [0, 0.1) is 6.92 Å². The van der Waals surface area contributed by atoms with Gasteiger partial charge in [-0.05, 0) is 26.3 Å². The normalized spacial score (nSPS) is 21.4. The average molecular weight is 193 g/mol. The summed E-state index contributed by atoms with van der Waals surface area (Å²) in [4.78, 5) is 15.6. The van der Waals surface area contributed by atoms with E-state index < -0.39 is 0 Å². The topological polar surface area (TPSA) is 46.9 Å². The largest absolute Gasteiger partial charge is 0.312 e. The lowest BCUT2D eigenvalue weighted by molar-refractivity contribution is 0.494. The highest BCUT2D eigenvalue weighted by Gasteiger charge is 2.14. The highest BCUT2D eigenvalue weighted by molar-refractivity contribution is 4.96. The van der Waals surface area contributed by atoms with Crippen LogP contribution < -0.4 is 10.9 Å². The van der Waals surface area contributed by atoms with Gasteiger partial charge in [0.15, 0.2) is 0 Å². The molecule has 0 amide bonds. The maximum Gasteiger partial charge on any atom is 0.253 e. The summed E-state index contributed by atoms with van der Waals surface area (Å²) in [6.45, 7) is 3.64. The summed E-state index contributed by atoms with van der Waals surface area (Å²) in [6.07, 6.45) is 4.00. The standard InChI is InChI=1S/C10H15N3O/c1-8-5-10(14)13(7-12-8)6-9-3-2-4-11-9/h5,7,9,11H,2-4,6H2,1H3. The molecule has 1 saturated heterocycles. The lowest BCUT2D eigenvalue weighted by Crippen LogP contribution is -2.32. The van der Waals surface area contributed by atoms with Crippen molar-refractivity contribution in [3.8, 4) is 0 Å². The predicted molar refractivity (Wildman–Crippen MR) is 54.3 cm³/mol. The minimum absolute atomic E-state index is 0.0474. The van der Waals surface area contributed by atoms with Crippen LogP contribution in [-0.4, -0.2) is 22.1 Å². The molecule has 0 saturated carbocycles. The van der Waals surface area contributed by atoms with Crippen molar-refractivity contribution in [1.82, 2.24) is 14.9 Å². The number of aryl methyl sites for hydroxylation is 1. The maximum atomic E-state index is 11.5. The van der Waals surface area contributed by atoms with Crippen LogP contribution in [0.3, 0.4) is 0 Å². The third-order valence-corrected chi connectivity index (χ3v) is 2.60. The molecule has 0 bridgehead atoms. The molecule has 1 unspecified atom stereocenters. The van der Waals surface area contributed by atoms with Gasteiger partial charge in [0.2, 0.25) is 0 Å². The molecule has 4 heteroatoms. The molecule has 1 aromatic rings. The van der Waals surface area contributed by atoms with Crippen molar-refractivity contribution in [3.05, 3.63) is 28.4 Å². The molecule has 1 N–H and O–H groups in total. The fourth-order valence-electron chi connectivity index (χ4n) is 1.80. The third-order valence-electron chi connectivity index (χ3n) is 2.60. The van der Waals surface area contributed by atoms with Crippen molar-refractivity contribution in [3.63, 3.8) is 0 Å². The van der Waals surface area contributed by atoms with Crippen LogP contribution in [0.4, 0.5) is 0 Å². The molecule has 14 heavy (non-hydrogen) atoms. The van der Waals surface area contributed by atoms with E-state index in [4.69, 9.17) is 0 Å². The number of rotatable bonds is 2. The van der Waals surface area contributed by atoms with E-state index in [-0.39, 0.29) is 5.56 Å². The van der Waals surface area contributed by atoms with E-state index in [0.29, 0.717) is 6.04 Å². The van der Waals surface area contributed by atoms with Gasteiger partial charge in [-0.2, -0.15) is 0 Å². The lowest BCUT2D eigenvalue weighted by atomic mass is 10.2. The molecular weight excluding hydrogens is 178 g/mol. The zero-order valence-electron chi connectivity index (χ0n) is 8.36. The van der Waals surface area contributed by atoms with E-state index in [1.807, 2.05) is 6.92 Å². The first-order valence-electron chi connectivity index (χ1n) is 5.02. The van der Waals surface area contributed by atoms with Crippen LogP contribution in [0.5, 0.6) is 0 Å². The van der Waals surface area contributed by atoms with E-state index in [2.05, 4.69) is 10.3 Å². The van der Waals surface area contributed by atoms with Crippen LogP contribution in [0.25, 0.3) is 0 Å². The Kier molecular flexibility index (Phi) is 2.63. The highest BCUT2D eigenvalue weighted by atomic mass is 16.1. The Balaban J connectivity index is 2.12. The number of aromatic nitrogens is 2. The van der Waals surface area contributed by atoms with Crippen molar-refractivity contribution in [1.29, 1.82) is 0 Å². The zero-order valence-corrected chi connectivity index (χ0v) is 8.36. The van der Waals surface area contributed by atoms with Gasteiger partial charge < -0.3 is 5.32 Å². The van der Waals surface area contributed by atoms with E-state index in [1.54, 1.807) is 17.0 Å². The molecule has 1 aliphatic heterocycles. The van der Waals surface area contributed by atoms with Gasteiger partial charge in [0.25, 0.3) is 5.56 Å². The molecule has 1 aliphatic rings. The summed E-state index contributed by atoms with van der Waals surface area (Å²) in [5.74, 6) is 0. The minimum Gasteiger partial charge on any atom is -0.312 e. The Morgan fingerprint density at radius 2 is 2.57 bits per heavy atom. The van der Waals surface area contributed by atoms with E-state index >= 15 is 0 Å². The summed E-state index contributed by atoms with van der Waals surface area (Å²) >= 11 is 0. The number of nitrogens with one attached hydrogen (secondary N) is 1. The molecule has 0 aliphatic carbocycles. The van der Waals surface area contributed by atoms with E-state index in [1.165, 1.54) is 6.42 Å². The molecule has 4 nitrogen and oxygen atoms in total. The van der Waals surface area contributed by atoms with Crippen LogP contribution in [-0.2, 0) is 6.54 Å². The Morgan fingerprint density at radius 3 is 3.21 bits per heavy atom. The monoisotopic (exact) mass is 193 g/mol. The van der Waals surface area contributed by atoms with E-state index in [0.717, 1.165) is 25.2 Å². The van der Waals surface area contributed by atoms with Crippen molar-refractivity contribution in [2.45, 2.75) is 32.4 Å². The predicted octanol–water partition coefficient (Wildman–Crippen LogP) is 0.304. The summed E-state index contributed by atoms with van der Waals surface area (Å²) in [5.41, 5.74) is 0.830. The Morgan fingerprint density at radius 1 is 1.71 bits per heavy atom. The van der Waals surface area contributed by atoms with Crippen molar-refractivity contribution in [2.75, 3.05) is 6.54 Å². The molecule has 2 rings (SSSR count). The van der Waals surface area contributed by atoms with Crippen LogP contribution in [0.2, 0.25) is 0 Å². The van der Waals surface area contributed by atoms with Gasteiger partial charge in [0.1, 0.15) is 0 Å². The molecule has 1 aromatic heterocycles. The maximum absolute atomic E-state index is 11.5. The first-order valence-corrected chi connectivity index (χ1v) is 5.02. The van der Waals surface area contributed by atoms with Gasteiger partial charge >= 0.3 is 0 Å². The lowest BCUT2D eigenvalue weighted by Gasteiger charge is -2.11. The first-order chi connectivity index (χ1) is 6.75. The summed E-state index contributed by atoms with van der Waals surface area (Å²) in [5, 5.41) is 3.36. The Labute approximate surface area is 83.0 Å².